The van der Waals surface area contributed by atoms with Crippen molar-refractivity contribution in [2.24, 2.45) is 0 Å². The van der Waals surface area contributed by atoms with Crippen LogP contribution in [-0.4, -0.2) is 21.0 Å². The molecule has 3 heterocycles. The highest BCUT2D eigenvalue weighted by molar-refractivity contribution is 6.13. The molecule has 2 aromatic carbocycles. The first-order valence-corrected chi connectivity index (χ1v) is 10.3. The Morgan fingerprint density at radius 3 is 2.69 bits per heavy atom. The monoisotopic (exact) mass is 428 g/mol. The van der Waals surface area contributed by atoms with Gasteiger partial charge in [0.1, 0.15) is 11.3 Å². The first kappa shape index (κ1) is 18.7. The van der Waals surface area contributed by atoms with Crippen molar-refractivity contribution in [1.29, 1.82) is 0 Å². The second-order valence-electron chi connectivity index (χ2n) is 7.97. The molecular formula is C24H17FN4O3. The number of pyridine rings is 1. The van der Waals surface area contributed by atoms with Crippen molar-refractivity contribution in [3.05, 3.63) is 71.5 Å². The molecular weight excluding hydrogens is 411 g/mol. The number of oxazole rings is 1. The van der Waals surface area contributed by atoms with Gasteiger partial charge in [-0.2, -0.15) is 0 Å². The Morgan fingerprint density at radius 2 is 1.91 bits per heavy atom. The van der Waals surface area contributed by atoms with E-state index >= 15 is 0 Å². The number of nitrogens with zero attached hydrogens (tertiary/aromatic N) is 3. The number of hydrogen-bond acceptors (Lipinski definition) is 6. The van der Waals surface area contributed by atoms with E-state index in [0.717, 1.165) is 18.7 Å². The van der Waals surface area contributed by atoms with E-state index in [9.17, 15) is 9.18 Å². The number of benzene rings is 2. The summed E-state index contributed by atoms with van der Waals surface area (Å²) in [5, 5.41) is 7.42. The smallest absolute Gasteiger partial charge is 0.259 e. The van der Waals surface area contributed by atoms with Gasteiger partial charge in [0, 0.05) is 17.2 Å². The Balaban J connectivity index is 1.38. The zero-order valence-electron chi connectivity index (χ0n) is 17.1. The summed E-state index contributed by atoms with van der Waals surface area (Å²) in [6.07, 6.45) is 2.20. The molecule has 3 aromatic heterocycles. The lowest BCUT2D eigenvalue weighted by molar-refractivity contribution is 0.102. The molecule has 5 aromatic rings. The van der Waals surface area contributed by atoms with Crippen LogP contribution in [0, 0.1) is 12.7 Å². The fourth-order valence-electron chi connectivity index (χ4n) is 3.77. The van der Waals surface area contributed by atoms with Gasteiger partial charge < -0.3 is 14.3 Å². The maximum Gasteiger partial charge on any atom is 0.259 e. The van der Waals surface area contributed by atoms with Gasteiger partial charge in [-0.1, -0.05) is 5.16 Å². The molecule has 0 bridgehead atoms. The van der Waals surface area contributed by atoms with Crippen LogP contribution < -0.4 is 5.32 Å². The SMILES string of the molecule is Cc1noc2nc(-c3ccc(F)cc3)cc(C(=O)Nc3ccc4oc(C5CC5)nc4c3)c12. The highest BCUT2D eigenvalue weighted by Crippen LogP contribution is 2.40. The van der Waals surface area contributed by atoms with Gasteiger partial charge in [0.25, 0.3) is 11.6 Å². The molecule has 0 aliphatic heterocycles. The molecule has 0 atom stereocenters. The summed E-state index contributed by atoms with van der Waals surface area (Å²) in [5.74, 6) is 0.476. The minimum atomic E-state index is -0.351. The molecule has 0 radical (unpaired) electrons. The first-order chi connectivity index (χ1) is 15.5. The van der Waals surface area contributed by atoms with Crippen LogP contribution in [-0.2, 0) is 0 Å². The molecule has 1 amide bonds. The van der Waals surface area contributed by atoms with Gasteiger partial charge in [0.05, 0.1) is 22.3 Å². The maximum absolute atomic E-state index is 13.3. The third-order valence-electron chi connectivity index (χ3n) is 5.59. The molecule has 1 saturated carbocycles. The predicted octanol–water partition coefficient (Wildman–Crippen LogP) is 5.61. The maximum atomic E-state index is 13.3. The van der Waals surface area contributed by atoms with Crippen molar-refractivity contribution in [3.63, 3.8) is 0 Å². The minimum Gasteiger partial charge on any atom is -0.440 e. The van der Waals surface area contributed by atoms with Gasteiger partial charge in [0.2, 0.25) is 0 Å². The molecule has 1 fully saturated rings. The molecule has 6 rings (SSSR count). The molecule has 0 saturated heterocycles. The summed E-state index contributed by atoms with van der Waals surface area (Å²) in [4.78, 5) is 22.3. The molecule has 1 aliphatic rings. The highest BCUT2D eigenvalue weighted by Gasteiger charge is 2.29. The average molecular weight is 428 g/mol. The summed E-state index contributed by atoms with van der Waals surface area (Å²) < 4.78 is 24.5. The predicted molar refractivity (Wildman–Crippen MR) is 116 cm³/mol. The van der Waals surface area contributed by atoms with Crippen molar-refractivity contribution in [2.75, 3.05) is 5.32 Å². The van der Waals surface area contributed by atoms with Crippen LogP contribution in [0.1, 0.15) is 40.7 Å². The van der Waals surface area contributed by atoms with Gasteiger partial charge in [-0.25, -0.2) is 14.4 Å². The molecule has 1 aliphatic carbocycles. The van der Waals surface area contributed by atoms with Crippen LogP contribution in [0.5, 0.6) is 0 Å². The van der Waals surface area contributed by atoms with E-state index in [1.165, 1.54) is 12.1 Å². The topological polar surface area (TPSA) is 94.0 Å². The Morgan fingerprint density at radius 1 is 1.09 bits per heavy atom. The Labute approximate surface area is 181 Å². The van der Waals surface area contributed by atoms with Crippen molar-refractivity contribution in [1.82, 2.24) is 15.1 Å². The van der Waals surface area contributed by atoms with Crippen molar-refractivity contribution in [2.45, 2.75) is 25.7 Å². The van der Waals surface area contributed by atoms with Crippen LogP contribution in [0.2, 0.25) is 0 Å². The van der Waals surface area contributed by atoms with E-state index in [2.05, 4.69) is 20.4 Å². The van der Waals surface area contributed by atoms with E-state index in [1.54, 1.807) is 43.3 Å². The molecule has 158 valence electrons. The lowest BCUT2D eigenvalue weighted by atomic mass is 10.0. The zero-order valence-corrected chi connectivity index (χ0v) is 17.1. The van der Waals surface area contributed by atoms with Crippen LogP contribution in [0.25, 0.3) is 33.5 Å². The van der Waals surface area contributed by atoms with Crippen molar-refractivity contribution in [3.8, 4) is 11.3 Å². The van der Waals surface area contributed by atoms with Gasteiger partial charge in [-0.05, 0) is 68.3 Å². The van der Waals surface area contributed by atoms with Crippen molar-refractivity contribution >= 4 is 33.8 Å². The van der Waals surface area contributed by atoms with E-state index in [1.807, 2.05) is 0 Å². The van der Waals surface area contributed by atoms with Gasteiger partial charge in [-0.15, -0.1) is 0 Å². The molecule has 1 N–H and O–H groups in total. The molecule has 32 heavy (non-hydrogen) atoms. The third kappa shape index (κ3) is 3.20. The summed E-state index contributed by atoms with van der Waals surface area (Å²) in [5.41, 5.74) is 4.32. The average Bonchev–Trinajstić information content (AvgIpc) is 3.46. The van der Waals surface area contributed by atoms with E-state index in [0.29, 0.717) is 50.6 Å². The number of carbonyl (C=O) groups is 1. The van der Waals surface area contributed by atoms with Gasteiger partial charge >= 0.3 is 0 Å². The number of nitrogens with one attached hydrogen (secondary N) is 1. The van der Waals surface area contributed by atoms with E-state index in [4.69, 9.17) is 8.94 Å². The number of carbonyl (C=O) groups excluding carboxylic acids is 1. The fraction of sp³-hybridized carbons (Fsp3) is 0.167. The molecule has 7 nitrogen and oxygen atoms in total. The van der Waals surface area contributed by atoms with Gasteiger partial charge in [-0.3, -0.25) is 4.79 Å². The number of fused-ring (bicyclic) bond motifs is 2. The lowest BCUT2D eigenvalue weighted by Crippen LogP contribution is -2.13. The Hall–Kier alpha value is -4.07. The second kappa shape index (κ2) is 6.98. The number of halogens is 1. The number of anilines is 1. The standard InChI is InChI=1S/C24H17FN4O3/c1-12-21-17(11-18(27-24(21)32-29-12)13-4-6-15(25)7-5-13)22(30)26-16-8-9-20-19(10-16)28-23(31-20)14-2-3-14/h4-11,14H,2-3H2,1H3,(H,26,30). The summed E-state index contributed by atoms with van der Waals surface area (Å²) >= 11 is 0. The normalized spacial score (nSPS) is 13.7. The van der Waals surface area contributed by atoms with E-state index < -0.39 is 0 Å². The summed E-state index contributed by atoms with van der Waals surface area (Å²) in [6.45, 7) is 1.75. The second-order valence-corrected chi connectivity index (χ2v) is 7.97. The first-order valence-electron chi connectivity index (χ1n) is 10.3. The molecule has 8 heteroatoms. The number of aromatic nitrogens is 3. The number of amides is 1. The third-order valence-corrected chi connectivity index (χ3v) is 5.59. The molecule has 0 unspecified atom stereocenters. The Kier molecular flexibility index (Phi) is 4.07. The fourth-order valence-corrected chi connectivity index (χ4v) is 3.77. The highest BCUT2D eigenvalue weighted by atomic mass is 19.1. The minimum absolute atomic E-state index is 0.246. The van der Waals surface area contributed by atoms with Crippen LogP contribution in [0.15, 0.2) is 57.5 Å². The largest absolute Gasteiger partial charge is 0.440 e. The number of rotatable bonds is 4. The molecule has 0 spiro atoms. The number of hydrogen-bond donors (Lipinski definition) is 1. The van der Waals surface area contributed by atoms with Crippen LogP contribution in [0.3, 0.4) is 0 Å². The van der Waals surface area contributed by atoms with Gasteiger partial charge in [0.15, 0.2) is 11.5 Å². The summed E-state index contributed by atoms with van der Waals surface area (Å²) in [7, 11) is 0. The Bertz CT molecular complexity index is 1500. The van der Waals surface area contributed by atoms with E-state index in [-0.39, 0.29) is 17.4 Å². The number of aryl methyl sites for hydroxylation is 1. The summed E-state index contributed by atoms with van der Waals surface area (Å²) in [6, 6.07) is 12.9. The van der Waals surface area contributed by atoms with Crippen LogP contribution >= 0.6 is 0 Å². The quantitative estimate of drug-likeness (QED) is 0.400. The van der Waals surface area contributed by atoms with Crippen molar-refractivity contribution < 1.29 is 18.1 Å². The zero-order chi connectivity index (χ0) is 21.8. The van der Waals surface area contributed by atoms with Crippen LogP contribution in [0.4, 0.5) is 10.1 Å². The lowest BCUT2D eigenvalue weighted by Gasteiger charge is -2.08.